The second-order valence-corrected chi connectivity index (χ2v) is 3.13. The molecule has 1 aromatic rings. The Morgan fingerprint density at radius 2 is 2.14 bits per heavy atom. The maximum Gasteiger partial charge on any atom is 0.137 e. The van der Waals surface area contributed by atoms with Gasteiger partial charge in [0.2, 0.25) is 0 Å². The molecular weight excluding hydrogens is 186 g/mol. The lowest BCUT2D eigenvalue weighted by molar-refractivity contribution is 0.580. The van der Waals surface area contributed by atoms with Gasteiger partial charge < -0.3 is 5.32 Å². The summed E-state index contributed by atoms with van der Waals surface area (Å²) in [6.45, 7) is 1.48. The number of nitrogens with one attached hydrogen (secondary N) is 1. The van der Waals surface area contributed by atoms with Gasteiger partial charge in [0.1, 0.15) is 17.5 Å². The van der Waals surface area contributed by atoms with Gasteiger partial charge >= 0.3 is 0 Å². The maximum absolute atomic E-state index is 13.3. The minimum Gasteiger partial charge on any atom is -0.370 e. The largest absolute Gasteiger partial charge is 0.370 e. The van der Waals surface area contributed by atoms with Crippen molar-refractivity contribution in [3.05, 3.63) is 35.4 Å². The molecule has 1 aliphatic rings. The molecule has 74 valence electrons. The summed E-state index contributed by atoms with van der Waals surface area (Å²) >= 11 is 0. The first-order valence-electron chi connectivity index (χ1n) is 4.51. The van der Waals surface area contributed by atoms with Crippen LogP contribution in [0.4, 0.5) is 8.78 Å². The van der Waals surface area contributed by atoms with Crippen molar-refractivity contribution >= 4 is 5.84 Å². The molecule has 2 nitrogen and oxygen atoms in total. The zero-order chi connectivity index (χ0) is 9.97. The van der Waals surface area contributed by atoms with E-state index in [0.29, 0.717) is 17.9 Å². The van der Waals surface area contributed by atoms with E-state index in [1.807, 2.05) is 0 Å². The van der Waals surface area contributed by atoms with E-state index in [1.54, 1.807) is 0 Å². The molecule has 14 heavy (non-hydrogen) atoms. The van der Waals surface area contributed by atoms with Gasteiger partial charge in [-0.05, 0) is 18.6 Å². The van der Waals surface area contributed by atoms with Crippen molar-refractivity contribution < 1.29 is 8.78 Å². The predicted octanol–water partition coefficient (Wildman–Crippen LogP) is 1.70. The molecule has 0 bridgehead atoms. The summed E-state index contributed by atoms with van der Waals surface area (Å²) in [6, 6.07) is 3.51. The normalized spacial score (nSPS) is 16.0. The van der Waals surface area contributed by atoms with E-state index in [2.05, 4.69) is 10.3 Å². The number of rotatable bonds is 1. The lowest BCUT2D eigenvalue weighted by Gasteiger charge is -2.14. The molecule has 0 aliphatic carbocycles. The van der Waals surface area contributed by atoms with Crippen LogP contribution >= 0.6 is 0 Å². The molecule has 0 saturated carbocycles. The van der Waals surface area contributed by atoms with Gasteiger partial charge in [-0.3, -0.25) is 4.99 Å². The second-order valence-electron chi connectivity index (χ2n) is 3.13. The van der Waals surface area contributed by atoms with Crippen molar-refractivity contribution in [3.8, 4) is 0 Å². The van der Waals surface area contributed by atoms with Crippen LogP contribution in [0.15, 0.2) is 23.2 Å². The molecule has 0 radical (unpaired) electrons. The fourth-order valence-electron chi connectivity index (χ4n) is 1.39. The molecule has 0 aromatic heterocycles. The summed E-state index contributed by atoms with van der Waals surface area (Å²) in [4.78, 5) is 4.13. The van der Waals surface area contributed by atoms with Crippen LogP contribution < -0.4 is 5.32 Å². The third-order valence-electron chi connectivity index (χ3n) is 2.08. The van der Waals surface area contributed by atoms with Gasteiger partial charge in [0, 0.05) is 19.2 Å². The van der Waals surface area contributed by atoms with Crippen molar-refractivity contribution in [1.82, 2.24) is 5.32 Å². The molecule has 1 N–H and O–H groups in total. The third-order valence-corrected chi connectivity index (χ3v) is 2.08. The third kappa shape index (κ3) is 1.73. The van der Waals surface area contributed by atoms with E-state index >= 15 is 0 Å². The predicted molar refractivity (Wildman–Crippen MR) is 50.4 cm³/mol. The Balaban J connectivity index is 2.35. The number of hydrogen-bond donors (Lipinski definition) is 1. The van der Waals surface area contributed by atoms with Crippen LogP contribution in [-0.2, 0) is 0 Å². The van der Waals surface area contributed by atoms with Crippen LogP contribution in [0.2, 0.25) is 0 Å². The summed E-state index contributed by atoms with van der Waals surface area (Å²) in [5.41, 5.74) is 0.339. The molecular formula is C10H10F2N2. The zero-order valence-electron chi connectivity index (χ0n) is 7.56. The first kappa shape index (κ1) is 9.12. The minimum atomic E-state index is -0.571. The highest BCUT2D eigenvalue weighted by molar-refractivity contribution is 5.99. The molecule has 0 atom stereocenters. The summed E-state index contributed by atoms with van der Waals surface area (Å²) in [6.07, 6.45) is 0.951. The standard InChI is InChI=1S/C10H10F2N2/c11-7-2-3-8(9(12)6-7)10-13-4-1-5-14-10/h2-3,6H,1,4-5H2,(H,13,14). The first-order valence-corrected chi connectivity index (χ1v) is 4.51. The van der Waals surface area contributed by atoms with Crippen LogP contribution in [0, 0.1) is 11.6 Å². The van der Waals surface area contributed by atoms with Gasteiger partial charge in [-0.25, -0.2) is 8.78 Å². The van der Waals surface area contributed by atoms with Crippen LogP contribution in [0.25, 0.3) is 0 Å². The summed E-state index contributed by atoms with van der Waals surface area (Å²) in [7, 11) is 0. The number of hydrogen-bond acceptors (Lipinski definition) is 2. The van der Waals surface area contributed by atoms with E-state index < -0.39 is 11.6 Å². The molecule has 4 heteroatoms. The summed E-state index contributed by atoms with van der Waals surface area (Å²) in [5, 5.41) is 2.98. The Morgan fingerprint density at radius 3 is 2.79 bits per heavy atom. The average Bonchev–Trinajstić information content (AvgIpc) is 2.19. The van der Waals surface area contributed by atoms with Crippen LogP contribution in [0.1, 0.15) is 12.0 Å². The summed E-state index contributed by atoms with van der Waals surface area (Å²) in [5.74, 6) is -0.616. The molecule has 0 fully saturated rings. The van der Waals surface area contributed by atoms with E-state index in [-0.39, 0.29) is 0 Å². The van der Waals surface area contributed by atoms with Crippen molar-refractivity contribution in [2.45, 2.75) is 6.42 Å². The molecule has 0 saturated heterocycles. The topological polar surface area (TPSA) is 24.4 Å². The van der Waals surface area contributed by atoms with Crippen LogP contribution in [0.5, 0.6) is 0 Å². The maximum atomic E-state index is 13.3. The quantitative estimate of drug-likeness (QED) is 0.726. The van der Waals surface area contributed by atoms with Gasteiger partial charge in [-0.15, -0.1) is 0 Å². The monoisotopic (exact) mass is 196 g/mol. The highest BCUT2D eigenvalue weighted by Crippen LogP contribution is 2.11. The number of halogens is 2. The van der Waals surface area contributed by atoms with Crippen molar-refractivity contribution in [2.24, 2.45) is 4.99 Å². The molecule has 0 amide bonds. The van der Waals surface area contributed by atoms with Crippen LogP contribution in [-0.4, -0.2) is 18.9 Å². The lowest BCUT2D eigenvalue weighted by Crippen LogP contribution is -2.30. The van der Waals surface area contributed by atoms with E-state index in [1.165, 1.54) is 12.1 Å². The van der Waals surface area contributed by atoms with Crippen molar-refractivity contribution in [1.29, 1.82) is 0 Å². The fraction of sp³-hybridized carbons (Fsp3) is 0.300. The molecule has 0 unspecified atom stereocenters. The van der Waals surface area contributed by atoms with E-state index in [9.17, 15) is 8.78 Å². The van der Waals surface area contributed by atoms with Crippen molar-refractivity contribution in [3.63, 3.8) is 0 Å². The number of nitrogens with zero attached hydrogens (tertiary/aromatic N) is 1. The van der Waals surface area contributed by atoms with Gasteiger partial charge in [0.25, 0.3) is 0 Å². The molecule has 1 aromatic carbocycles. The van der Waals surface area contributed by atoms with Crippen molar-refractivity contribution in [2.75, 3.05) is 13.1 Å². The fourth-order valence-corrected chi connectivity index (χ4v) is 1.39. The Labute approximate surface area is 80.7 Å². The highest BCUT2D eigenvalue weighted by atomic mass is 19.1. The average molecular weight is 196 g/mol. The number of amidine groups is 1. The Kier molecular flexibility index (Phi) is 2.43. The lowest BCUT2D eigenvalue weighted by atomic mass is 10.1. The molecule has 1 heterocycles. The molecule has 0 spiro atoms. The van der Waals surface area contributed by atoms with Gasteiger partial charge in [0.05, 0.1) is 5.56 Å². The number of benzene rings is 1. The Hall–Kier alpha value is -1.45. The van der Waals surface area contributed by atoms with Gasteiger partial charge in [-0.1, -0.05) is 0 Å². The van der Waals surface area contributed by atoms with E-state index in [4.69, 9.17) is 0 Å². The van der Waals surface area contributed by atoms with E-state index in [0.717, 1.165) is 19.0 Å². The highest BCUT2D eigenvalue weighted by Gasteiger charge is 2.11. The minimum absolute atomic E-state index is 0.339. The zero-order valence-corrected chi connectivity index (χ0v) is 7.56. The van der Waals surface area contributed by atoms with Gasteiger partial charge in [-0.2, -0.15) is 0 Å². The summed E-state index contributed by atoms with van der Waals surface area (Å²) < 4.78 is 25.9. The smallest absolute Gasteiger partial charge is 0.137 e. The Morgan fingerprint density at radius 1 is 1.29 bits per heavy atom. The Bertz CT molecular complexity index is 374. The molecule has 1 aliphatic heterocycles. The molecule has 2 rings (SSSR count). The van der Waals surface area contributed by atoms with Gasteiger partial charge in [0.15, 0.2) is 0 Å². The SMILES string of the molecule is Fc1ccc(C2=NCCCN2)c(F)c1. The van der Waals surface area contributed by atoms with Crippen LogP contribution in [0.3, 0.4) is 0 Å². The second kappa shape index (κ2) is 3.74. The number of aliphatic imine (C=N–C) groups is 1. The first-order chi connectivity index (χ1) is 6.77.